The van der Waals surface area contributed by atoms with E-state index in [1.807, 2.05) is 18.4 Å². The molecule has 1 aliphatic rings. The molecule has 2 atom stereocenters. The molecule has 0 aromatic carbocycles. The van der Waals surface area contributed by atoms with E-state index in [0.29, 0.717) is 6.10 Å². The Kier molecular flexibility index (Phi) is 4.41. The lowest BCUT2D eigenvalue weighted by atomic mass is 9.80. The fraction of sp³-hybridized carbons (Fsp3) is 0.786. The second kappa shape index (κ2) is 5.68. The molecular formula is C14H24N2OS. The average molecular weight is 268 g/mol. The maximum Gasteiger partial charge on any atom is 0.113 e. The number of nitrogens with zero attached hydrogens (tertiary/aromatic N) is 1. The van der Waals surface area contributed by atoms with Crippen LogP contribution in [0.2, 0.25) is 0 Å². The number of hydrogen-bond acceptors (Lipinski definition) is 4. The van der Waals surface area contributed by atoms with E-state index >= 15 is 0 Å². The number of aromatic nitrogens is 1. The predicted molar refractivity (Wildman–Crippen MR) is 76.2 cm³/mol. The van der Waals surface area contributed by atoms with Crippen molar-refractivity contribution in [3.8, 4) is 0 Å². The monoisotopic (exact) mass is 268 g/mol. The minimum absolute atomic E-state index is 0.0295. The molecule has 2 unspecified atom stereocenters. The van der Waals surface area contributed by atoms with Gasteiger partial charge < -0.3 is 10.1 Å². The summed E-state index contributed by atoms with van der Waals surface area (Å²) in [5.41, 5.74) is 1.28. The van der Waals surface area contributed by atoms with Crippen molar-refractivity contribution in [3.05, 3.63) is 15.6 Å². The van der Waals surface area contributed by atoms with Crippen LogP contribution in [0.3, 0.4) is 0 Å². The van der Waals surface area contributed by atoms with Crippen LogP contribution in [0.1, 0.15) is 48.2 Å². The van der Waals surface area contributed by atoms with Crippen LogP contribution in [0.5, 0.6) is 0 Å². The molecule has 0 saturated heterocycles. The SMILES string of the molecule is CCc1nc(C2(NC)CCCC(OC)C2)sc1C. The van der Waals surface area contributed by atoms with Crippen molar-refractivity contribution < 1.29 is 4.74 Å². The van der Waals surface area contributed by atoms with Gasteiger partial charge in [-0.05, 0) is 46.1 Å². The summed E-state index contributed by atoms with van der Waals surface area (Å²) in [5, 5.41) is 4.78. The topological polar surface area (TPSA) is 34.2 Å². The highest BCUT2D eigenvalue weighted by atomic mass is 32.1. The van der Waals surface area contributed by atoms with Crippen molar-refractivity contribution in [3.63, 3.8) is 0 Å². The van der Waals surface area contributed by atoms with E-state index in [2.05, 4.69) is 26.2 Å². The molecule has 0 amide bonds. The molecule has 1 saturated carbocycles. The molecule has 1 aromatic heterocycles. The Balaban J connectivity index is 2.30. The first kappa shape index (κ1) is 14.0. The molecule has 1 N–H and O–H groups in total. The van der Waals surface area contributed by atoms with E-state index in [9.17, 15) is 0 Å². The molecule has 1 aromatic rings. The van der Waals surface area contributed by atoms with Crippen LogP contribution >= 0.6 is 11.3 Å². The number of rotatable bonds is 4. The highest BCUT2D eigenvalue weighted by molar-refractivity contribution is 7.11. The second-order valence-corrected chi connectivity index (χ2v) is 6.36. The summed E-state index contributed by atoms with van der Waals surface area (Å²) in [6, 6.07) is 0. The first-order chi connectivity index (χ1) is 8.65. The van der Waals surface area contributed by atoms with Crippen LogP contribution < -0.4 is 5.32 Å². The van der Waals surface area contributed by atoms with Crippen LogP contribution in [0.15, 0.2) is 0 Å². The standard InChI is InChI=1S/C14H24N2OS/c1-5-12-10(2)18-13(16-12)14(15-3)8-6-7-11(9-14)17-4/h11,15H,5-9H2,1-4H3. The molecule has 2 rings (SSSR count). The number of methoxy groups -OCH3 is 1. The Hall–Kier alpha value is -0.450. The van der Waals surface area contributed by atoms with Crippen molar-refractivity contribution in [2.45, 2.75) is 57.6 Å². The molecule has 0 bridgehead atoms. The summed E-state index contributed by atoms with van der Waals surface area (Å²) in [7, 11) is 3.88. The lowest BCUT2D eigenvalue weighted by Crippen LogP contribution is -2.46. The summed E-state index contributed by atoms with van der Waals surface area (Å²) >= 11 is 1.85. The van der Waals surface area contributed by atoms with Gasteiger partial charge in [-0.15, -0.1) is 11.3 Å². The Morgan fingerprint density at radius 2 is 2.33 bits per heavy atom. The Morgan fingerprint density at radius 1 is 1.56 bits per heavy atom. The minimum Gasteiger partial charge on any atom is -0.381 e. The van der Waals surface area contributed by atoms with E-state index in [1.165, 1.54) is 34.8 Å². The van der Waals surface area contributed by atoms with E-state index < -0.39 is 0 Å². The second-order valence-electron chi connectivity index (χ2n) is 5.16. The lowest BCUT2D eigenvalue weighted by molar-refractivity contribution is 0.0314. The van der Waals surface area contributed by atoms with Crippen LogP contribution in [0.4, 0.5) is 0 Å². The molecule has 102 valence electrons. The third kappa shape index (κ3) is 2.46. The molecule has 0 spiro atoms. The average Bonchev–Trinajstić information content (AvgIpc) is 2.80. The summed E-state index contributed by atoms with van der Waals surface area (Å²) in [5.74, 6) is 0. The van der Waals surface area contributed by atoms with Gasteiger partial charge in [0.15, 0.2) is 0 Å². The number of ether oxygens (including phenoxy) is 1. The maximum absolute atomic E-state index is 5.57. The zero-order valence-corrected chi connectivity index (χ0v) is 12.7. The van der Waals surface area contributed by atoms with Gasteiger partial charge in [0.1, 0.15) is 5.01 Å². The molecule has 1 fully saturated rings. The molecule has 18 heavy (non-hydrogen) atoms. The molecule has 0 radical (unpaired) electrons. The van der Waals surface area contributed by atoms with Crippen LogP contribution in [-0.4, -0.2) is 25.2 Å². The third-order valence-electron chi connectivity index (χ3n) is 4.15. The van der Waals surface area contributed by atoms with E-state index in [0.717, 1.165) is 12.8 Å². The largest absolute Gasteiger partial charge is 0.381 e. The van der Waals surface area contributed by atoms with Crippen molar-refractivity contribution in [1.29, 1.82) is 0 Å². The van der Waals surface area contributed by atoms with Crippen molar-refractivity contribution in [1.82, 2.24) is 10.3 Å². The van der Waals surface area contributed by atoms with Gasteiger partial charge >= 0.3 is 0 Å². The number of hydrogen-bond donors (Lipinski definition) is 1. The van der Waals surface area contributed by atoms with Gasteiger partial charge in [-0.3, -0.25) is 0 Å². The summed E-state index contributed by atoms with van der Waals surface area (Å²) in [6.45, 7) is 4.36. The van der Waals surface area contributed by atoms with Gasteiger partial charge in [0.25, 0.3) is 0 Å². The van der Waals surface area contributed by atoms with Crippen LogP contribution in [0.25, 0.3) is 0 Å². The van der Waals surface area contributed by atoms with Crippen LogP contribution in [-0.2, 0) is 16.7 Å². The van der Waals surface area contributed by atoms with E-state index in [-0.39, 0.29) is 5.54 Å². The maximum atomic E-state index is 5.57. The van der Waals surface area contributed by atoms with Gasteiger partial charge in [0.2, 0.25) is 0 Å². The summed E-state index contributed by atoms with van der Waals surface area (Å²) in [4.78, 5) is 6.23. The normalized spacial score (nSPS) is 28.6. The summed E-state index contributed by atoms with van der Waals surface area (Å²) in [6.07, 6.45) is 5.97. The Morgan fingerprint density at radius 3 is 2.89 bits per heavy atom. The fourth-order valence-electron chi connectivity index (χ4n) is 2.91. The molecule has 4 heteroatoms. The van der Waals surface area contributed by atoms with Crippen molar-refractivity contribution in [2.24, 2.45) is 0 Å². The van der Waals surface area contributed by atoms with Crippen molar-refractivity contribution in [2.75, 3.05) is 14.2 Å². The fourth-order valence-corrected chi connectivity index (χ4v) is 4.15. The molecule has 1 heterocycles. The third-order valence-corrected chi connectivity index (χ3v) is 5.37. The van der Waals surface area contributed by atoms with Crippen LogP contribution in [0, 0.1) is 6.92 Å². The first-order valence-electron chi connectivity index (χ1n) is 6.83. The van der Waals surface area contributed by atoms with Gasteiger partial charge in [-0.2, -0.15) is 0 Å². The van der Waals surface area contributed by atoms with Crippen molar-refractivity contribution >= 4 is 11.3 Å². The summed E-state index contributed by atoms with van der Waals surface area (Å²) < 4.78 is 5.57. The molecule has 0 aliphatic heterocycles. The zero-order chi connectivity index (χ0) is 13.2. The van der Waals surface area contributed by atoms with Gasteiger partial charge in [-0.25, -0.2) is 4.98 Å². The highest BCUT2D eigenvalue weighted by Crippen LogP contribution is 2.40. The Labute approximate surface area is 114 Å². The van der Waals surface area contributed by atoms with E-state index in [4.69, 9.17) is 9.72 Å². The van der Waals surface area contributed by atoms with Gasteiger partial charge in [0, 0.05) is 12.0 Å². The predicted octanol–water partition coefficient (Wildman–Crippen LogP) is 3.02. The lowest BCUT2D eigenvalue weighted by Gasteiger charge is -2.38. The Bertz CT molecular complexity index is 404. The molecule has 3 nitrogen and oxygen atoms in total. The number of nitrogens with one attached hydrogen (secondary N) is 1. The quantitative estimate of drug-likeness (QED) is 0.911. The number of aryl methyl sites for hydroxylation is 2. The minimum atomic E-state index is 0.0295. The zero-order valence-electron chi connectivity index (χ0n) is 11.9. The molecular weight excluding hydrogens is 244 g/mol. The van der Waals surface area contributed by atoms with E-state index in [1.54, 1.807) is 0 Å². The first-order valence-corrected chi connectivity index (χ1v) is 7.65. The van der Waals surface area contributed by atoms with Gasteiger partial charge in [0.05, 0.1) is 17.3 Å². The molecule has 1 aliphatic carbocycles. The van der Waals surface area contributed by atoms with Gasteiger partial charge in [-0.1, -0.05) is 6.92 Å². The highest BCUT2D eigenvalue weighted by Gasteiger charge is 2.39. The smallest absolute Gasteiger partial charge is 0.113 e. The number of thiazole rings is 1.